The van der Waals surface area contributed by atoms with E-state index in [1.54, 1.807) is 0 Å². The quantitative estimate of drug-likeness (QED) is 0.579. The van der Waals surface area contributed by atoms with Crippen LogP contribution in [-0.2, 0) is 9.47 Å². The zero-order valence-corrected chi connectivity index (χ0v) is 9.71. The highest BCUT2D eigenvalue weighted by Crippen LogP contribution is 2.19. The van der Waals surface area contributed by atoms with Gasteiger partial charge in [0.15, 0.2) is 12.6 Å². The van der Waals surface area contributed by atoms with Gasteiger partial charge in [0.05, 0.1) is 6.10 Å². The van der Waals surface area contributed by atoms with E-state index >= 15 is 0 Å². The normalized spacial score (nSPS) is 35.2. The molecule has 2 unspecified atom stereocenters. The van der Waals surface area contributed by atoms with Gasteiger partial charge < -0.3 is 24.8 Å². The van der Waals surface area contributed by atoms with E-state index in [0.29, 0.717) is 6.61 Å². The van der Waals surface area contributed by atoms with Crippen LogP contribution in [0, 0.1) is 0 Å². The first kappa shape index (κ1) is 13.9. The second-order valence-electron chi connectivity index (χ2n) is 4.18. The van der Waals surface area contributed by atoms with E-state index in [9.17, 15) is 15.3 Å². The molecule has 0 aliphatic carbocycles. The lowest BCUT2D eigenvalue weighted by Gasteiger charge is -2.33. The van der Waals surface area contributed by atoms with Gasteiger partial charge in [-0.15, -0.1) is 0 Å². The summed E-state index contributed by atoms with van der Waals surface area (Å²) >= 11 is 0. The van der Waals surface area contributed by atoms with Crippen LogP contribution in [0.3, 0.4) is 0 Å². The highest BCUT2D eigenvalue weighted by molar-refractivity contribution is 4.76. The summed E-state index contributed by atoms with van der Waals surface area (Å²) in [6.07, 6.45) is 0.414. The fourth-order valence-electron chi connectivity index (χ4n) is 1.67. The zero-order chi connectivity index (χ0) is 12.0. The minimum atomic E-state index is -1.36. The van der Waals surface area contributed by atoms with Gasteiger partial charge in [-0.2, -0.15) is 0 Å². The summed E-state index contributed by atoms with van der Waals surface area (Å²) in [5.41, 5.74) is 0. The molecule has 0 aromatic heterocycles. The molecular formula is C11H22O5. The summed E-state index contributed by atoms with van der Waals surface area (Å²) in [6, 6.07) is 0. The van der Waals surface area contributed by atoms with Crippen LogP contribution in [-0.4, -0.2) is 46.7 Å². The first-order valence-electron chi connectivity index (χ1n) is 5.96. The van der Waals surface area contributed by atoms with Gasteiger partial charge in [0.1, 0.15) is 6.10 Å². The van der Waals surface area contributed by atoms with Crippen molar-refractivity contribution in [1.82, 2.24) is 0 Å². The van der Waals surface area contributed by atoms with Crippen molar-refractivity contribution < 1.29 is 24.8 Å². The van der Waals surface area contributed by atoms with E-state index in [0.717, 1.165) is 12.8 Å². The maximum atomic E-state index is 9.39. The van der Waals surface area contributed by atoms with Crippen LogP contribution in [0.1, 0.15) is 39.0 Å². The Kier molecular flexibility index (Phi) is 6.23. The molecule has 1 aliphatic heterocycles. The van der Waals surface area contributed by atoms with Crippen LogP contribution in [0.4, 0.5) is 0 Å². The van der Waals surface area contributed by atoms with Crippen LogP contribution < -0.4 is 0 Å². The summed E-state index contributed by atoms with van der Waals surface area (Å²) in [5, 5.41) is 27.9. The van der Waals surface area contributed by atoms with Crippen molar-refractivity contribution in [1.29, 1.82) is 0 Å². The summed E-state index contributed by atoms with van der Waals surface area (Å²) in [7, 11) is 0. The lowest BCUT2D eigenvalue weighted by molar-refractivity contribution is -0.305. The Morgan fingerprint density at radius 1 is 1.19 bits per heavy atom. The molecule has 1 aliphatic rings. The molecule has 4 atom stereocenters. The van der Waals surface area contributed by atoms with Crippen molar-refractivity contribution in [2.45, 2.75) is 63.8 Å². The van der Waals surface area contributed by atoms with Crippen LogP contribution >= 0.6 is 0 Å². The van der Waals surface area contributed by atoms with Crippen molar-refractivity contribution in [3.8, 4) is 0 Å². The van der Waals surface area contributed by atoms with Crippen LogP contribution in [0.5, 0.6) is 0 Å². The molecule has 3 N–H and O–H groups in total. The molecule has 5 nitrogen and oxygen atoms in total. The Bertz CT molecular complexity index is 175. The van der Waals surface area contributed by atoms with Crippen molar-refractivity contribution in [2.75, 3.05) is 6.61 Å². The van der Waals surface area contributed by atoms with Gasteiger partial charge in [0, 0.05) is 13.0 Å². The Labute approximate surface area is 96.0 Å². The van der Waals surface area contributed by atoms with Gasteiger partial charge in [-0.3, -0.25) is 0 Å². The summed E-state index contributed by atoms with van der Waals surface area (Å²) < 4.78 is 10.4. The second kappa shape index (κ2) is 7.19. The summed E-state index contributed by atoms with van der Waals surface area (Å²) in [4.78, 5) is 0. The van der Waals surface area contributed by atoms with E-state index in [2.05, 4.69) is 6.92 Å². The molecule has 0 bridgehead atoms. The number of unbranched alkanes of at least 4 members (excludes halogenated alkanes) is 3. The van der Waals surface area contributed by atoms with Crippen LogP contribution in [0.15, 0.2) is 0 Å². The SMILES string of the molecule is CCCCCCOC1C[C@H](O)[C@@H](O)C(O)O1. The molecule has 0 aromatic carbocycles. The van der Waals surface area contributed by atoms with E-state index in [1.807, 2.05) is 0 Å². The van der Waals surface area contributed by atoms with Gasteiger partial charge in [0.2, 0.25) is 0 Å². The molecule has 1 fully saturated rings. The Morgan fingerprint density at radius 3 is 2.56 bits per heavy atom. The van der Waals surface area contributed by atoms with Crippen molar-refractivity contribution in [3.63, 3.8) is 0 Å². The van der Waals surface area contributed by atoms with Gasteiger partial charge >= 0.3 is 0 Å². The molecule has 0 spiro atoms. The Morgan fingerprint density at radius 2 is 1.94 bits per heavy atom. The van der Waals surface area contributed by atoms with E-state index in [-0.39, 0.29) is 6.42 Å². The first-order valence-corrected chi connectivity index (χ1v) is 5.96. The molecule has 1 rings (SSSR count). The number of ether oxygens (including phenoxy) is 2. The molecule has 0 amide bonds. The van der Waals surface area contributed by atoms with E-state index < -0.39 is 24.8 Å². The molecule has 0 aromatic rings. The lowest BCUT2D eigenvalue weighted by atomic mass is 10.1. The van der Waals surface area contributed by atoms with Gasteiger partial charge in [-0.1, -0.05) is 26.2 Å². The fourth-order valence-corrected chi connectivity index (χ4v) is 1.67. The van der Waals surface area contributed by atoms with E-state index in [4.69, 9.17) is 9.47 Å². The van der Waals surface area contributed by atoms with Gasteiger partial charge in [-0.05, 0) is 6.42 Å². The zero-order valence-electron chi connectivity index (χ0n) is 9.71. The fraction of sp³-hybridized carbons (Fsp3) is 1.00. The first-order chi connectivity index (χ1) is 7.65. The number of hydrogen-bond donors (Lipinski definition) is 3. The van der Waals surface area contributed by atoms with Crippen molar-refractivity contribution in [3.05, 3.63) is 0 Å². The predicted octanol–water partition coefficient (Wildman–Crippen LogP) is 0.370. The number of rotatable bonds is 6. The monoisotopic (exact) mass is 234 g/mol. The second-order valence-corrected chi connectivity index (χ2v) is 4.18. The average molecular weight is 234 g/mol. The average Bonchev–Trinajstić information content (AvgIpc) is 2.25. The minimum Gasteiger partial charge on any atom is -0.390 e. The van der Waals surface area contributed by atoms with Crippen molar-refractivity contribution in [2.24, 2.45) is 0 Å². The molecule has 0 saturated carbocycles. The minimum absolute atomic E-state index is 0.200. The Hall–Kier alpha value is -0.200. The smallest absolute Gasteiger partial charge is 0.186 e. The highest BCUT2D eigenvalue weighted by atomic mass is 16.7. The standard InChI is InChI=1S/C11H22O5/c1-2-3-4-5-6-15-9-7-8(12)10(13)11(14)16-9/h8-14H,2-7H2,1H3/t8-,9?,10+,11?/m0/s1. The van der Waals surface area contributed by atoms with Gasteiger partial charge in [-0.25, -0.2) is 0 Å². The maximum absolute atomic E-state index is 9.39. The lowest BCUT2D eigenvalue weighted by Crippen LogP contribution is -2.48. The number of hydrogen-bond acceptors (Lipinski definition) is 5. The van der Waals surface area contributed by atoms with E-state index in [1.165, 1.54) is 12.8 Å². The third-order valence-corrected chi connectivity index (χ3v) is 2.71. The predicted molar refractivity (Wildman–Crippen MR) is 57.6 cm³/mol. The third kappa shape index (κ3) is 4.35. The summed E-state index contributed by atoms with van der Waals surface area (Å²) in [5.74, 6) is 0. The maximum Gasteiger partial charge on any atom is 0.186 e. The molecule has 5 heteroatoms. The van der Waals surface area contributed by atoms with Crippen LogP contribution in [0.25, 0.3) is 0 Å². The third-order valence-electron chi connectivity index (χ3n) is 2.71. The van der Waals surface area contributed by atoms with Gasteiger partial charge in [0.25, 0.3) is 0 Å². The van der Waals surface area contributed by atoms with Crippen LogP contribution in [0.2, 0.25) is 0 Å². The van der Waals surface area contributed by atoms with Crippen molar-refractivity contribution >= 4 is 0 Å². The molecule has 0 radical (unpaired) electrons. The largest absolute Gasteiger partial charge is 0.390 e. The molecular weight excluding hydrogens is 212 g/mol. The highest BCUT2D eigenvalue weighted by Gasteiger charge is 2.35. The number of aliphatic hydroxyl groups excluding tert-OH is 3. The molecule has 1 heterocycles. The summed E-state index contributed by atoms with van der Waals surface area (Å²) in [6.45, 7) is 2.69. The number of aliphatic hydroxyl groups is 3. The molecule has 1 saturated heterocycles. The molecule has 96 valence electrons. The Balaban J connectivity index is 2.13. The molecule has 16 heavy (non-hydrogen) atoms. The topological polar surface area (TPSA) is 79.2 Å².